The molecule has 0 saturated heterocycles. The van der Waals surface area contributed by atoms with E-state index in [1.165, 1.54) is 48.4 Å². The zero-order valence-electron chi connectivity index (χ0n) is 25.6. The highest BCUT2D eigenvalue weighted by atomic mass is 32.2. The normalized spacial score (nSPS) is 25.3. The molecule has 1 atom stereocenters. The Labute approximate surface area is 252 Å². The summed E-state index contributed by atoms with van der Waals surface area (Å²) < 4.78 is 27.3. The van der Waals surface area contributed by atoms with E-state index in [4.69, 9.17) is 0 Å². The van der Waals surface area contributed by atoms with E-state index in [1.54, 1.807) is 4.90 Å². The average molecular weight is 594 g/mol. The van der Waals surface area contributed by atoms with E-state index < -0.39 is 16.1 Å². The van der Waals surface area contributed by atoms with Crippen molar-refractivity contribution in [1.82, 2.24) is 10.2 Å². The maximum absolute atomic E-state index is 13.9. The molecule has 4 saturated carbocycles. The minimum absolute atomic E-state index is 0.0716. The summed E-state index contributed by atoms with van der Waals surface area (Å²) in [6.45, 7) is 5.62. The number of amides is 2. The fourth-order valence-electron chi connectivity index (χ4n) is 8.34. The van der Waals surface area contributed by atoms with Gasteiger partial charge in [0, 0.05) is 12.6 Å². The van der Waals surface area contributed by atoms with Gasteiger partial charge in [-0.05, 0) is 112 Å². The van der Waals surface area contributed by atoms with Crippen LogP contribution in [0.3, 0.4) is 0 Å². The SMILES string of the molecule is CC[C@@H](C(=O)NC(C)C)N(CCc1ccccc1)C(=O)CN(c1ccc(C23CC4CC(CC(C4)C2)C3)cc1)S(C)(=O)=O. The van der Waals surface area contributed by atoms with Gasteiger partial charge in [0.05, 0.1) is 11.9 Å². The van der Waals surface area contributed by atoms with Gasteiger partial charge in [0.25, 0.3) is 0 Å². The molecule has 0 radical (unpaired) electrons. The predicted molar refractivity (Wildman–Crippen MR) is 168 cm³/mol. The van der Waals surface area contributed by atoms with Crippen LogP contribution in [0.2, 0.25) is 0 Å². The number of rotatable bonds is 12. The van der Waals surface area contributed by atoms with Crippen molar-refractivity contribution in [3.8, 4) is 0 Å². The van der Waals surface area contributed by atoms with Crippen molar-refractivity contribution in [3.63, 3.8) is 0 Å². The zero-order valence-corrected chi connectivity index (χ0v) is 26.4. The van der Waals surface area contributed by atoms with Crippen LogP contribution in [0.25, 0.3) is 0 Å². The number of carbonyl (C=O) groups excluding carboxylic acids is 2. The largest absolute Gasteiger partial charge is 0.352 e. The molecule has 2 aromatic rings. The third kappa shape index (κ3) is 6.69. The summed E-state index contributed by atoms with van der Waals surface area (Å²) in [5.41, 5.74) is 3.06. The van der Waals surface area contributed by atoms with E-state index >= 15 is 0 Å². The Morgan fingerprint density at radius 1 is 0.929 bits per heavy atom. The highest BCUT2D eigenvalue weighted by Crippen LogP contribution is 2.60. The summed E-state index contributed by atoms with van der Waals surface area (Å²) in [7, 11) is -3.76. The molecule has 228 valence electrons. The maximum atomic E-state index is 13.9. The maximum Gasteiger partial charge on any atom is 0.244 e. The number of benzene rings is 2. The van der Waals surface area contributed by atoms with Gasteiger partial charge in [0.15, 0.2) is 0 Å². The molecule has 2 aromatic carbocycles. The molecule has 0 spiro atoms. The minimum atomic E-state index is -3.76. The van der Waals surface area contributed by atoms with Gasteiger partial charge in [-0.25, -0.2) is 8.42 Å². The number of nitrogens with one attached hydrogen (secondary N) is 1. The van der Waals surface area contributed by atoms with Gasteiger partial charge in [-0.2, -0.15) is 0 Å². The minimum Gasteiger partial charge on any atom is -0.352 e. The molecule has 42 heavy (non-hydrogen) atoms. The van der Waals surface area contributed by atoms with Crippen LogP contribution in [0.1, 0.15) is 76.8 Å². The Kier molecular flexibility index (Phi) is 9.02. The predicted octanol–water partition coefficient (Wildman–Crippen LogP) is 5.29. The smallest absolute Gasteiger partial charge is 0.244 e. The summed E-state index contributed by atoms with van der Waals surface area (Å²) in [6.07, 6.45) is 9.96. The van der Waals surface area contributed by atoms with Crippen LogP contribution in [0.5, 0.6) is 0 Å². The number of nitrogens with zero attached hydrogens (tertiary/aromatic N) is 2. The Bertz CT molecular complexity index is 1320. The molecule has 0 heterocycles. The molecule has 0 aliphatic heterocycles. The lowest BCUT2D eigenvalue weighted by atomic mass is 9.48. The second kappa shape index (κ2) is 12.4. The molecular weight excluding hydrogens is 546 g/mol. The number of hydrogen-bond donors (Lipinski definition) is 1. The number of hydrogen-bond acceptors (Lipinski definition) is 4. The topological polar surface area (TPSA) is 86.8 Å². The van der Waals surface area contributed by atoms with Gasteiger partial charge >= 0.3 is 0 Å². The van der Waals surface area contributed by atoms with Crippen LogP contribution in [-0.2, 0) is 31.4 Å². The number of sulfonamides is 1. The molecule has 8 heteroatoms. The quantitative estimate of drug-likeness (QED) is 0.362. The zero-order chi connectivity index (χ0) is 30.1. The average Bonchev–Trinajstić information content (AvgIpc) is 2.92. The van der Waals surface area contributed by atoms with Crippen LogP contribution in [-0.4, -0.2) is 56.6 Å². The third-order valence-electron chi connectivity index (χ3n) is 9.79. The van der Waals surface area contributed by atoms with Crippen molar-refractivity contribution in [2.75, 3.05) is 23.7 Å². The van der Waals surface area contributed by atoms with Crippen molar-refractivity contribution < 1.29 is 18.0 Å². The van der Waals surface area contributed by atoms with Crippen molar-refractivity contribution in [2.45, 2.75) is 89.6 Å². The fraction of sp³-hybridized carbons (Fsp3) is 0.588. The van der Waals surface area contributed by atoms with Gasteiger partial charge in [0.2, 0.25) is 21.8 Å². The lowest BCUT2D eigenvalue weighted by molar-refractivity contribution is -0.139. The third-order valence-corrected chi connectivity index (χ3v) is 10.9. The molecule has 7 nitrogen and oxygen atoms in total. The molecule has 4 aliphatic carbocycles. The number of anilines is 1. The summed E-state index contributed by atoms with van der Waals surface area (Å²) >= 11 is 0. The first-order valence-electron chi connectivity index (χ1n) is 15.7. The van der Waals surface area contributed by atoms with Crippen LogP contribution in [0, 0.1) is 17.8 Å². The van der Waals surface area contributed by atoms with E-state index in [1.807, 2.05) is 63.2 Å². The van der Waals surface area contributed by atoms with Crippen LogP contribution in [0.15, 0.2) is 54.6 Å². The molecule has 6 rings (SSSR count). The molecule has 0 aromatic heterocycles. The van der Waals surface area contributed by atoms with Gasteiger partial charge in [-0.1, -0.05) is 49.4 Å². The summed E-state index contributed by atoms with van der Waals surface area (Å²) in [5.74, 6) is 1.86. The molecule has 4 bridgehead atoms. The first-order valence-corrected chi connectivity index (χ1v) is 17.5. The lowest BCUT2D eigenvalue weighted by Crippen LogP contribution is -2.54. The van der Waals surface area contributed by atoms with Gasteiger partial charge in [0.1, 0.15) is 12.6 Å². The van der Waals surface area contributed by atoms with Crippen molar-refractivity contribution >= 4 is 27.5 Å². The Morgan fingerprint density at radius 2 is 1.50 bits per heavy atom. The lowest BCUT2D eigenvalue weighted by Gasteiger charge is -2.57. The standard InChI is InChI=1S/C34H47N3O4S/c1-5-31(33(39)35-24(2)3)36(16-15-25-9-7-6-8-10-25)32(38)23-37(42(4,40)41)30-13-11-29(12-14-30)34-20-26-17-27(21-34)19-28(18-26)22-34/h6-14,24,26-28,31H,5,15-23H2,1-4H3,(H,35,39)/t26?,27?,28?,31-,34?/m0/s1. The highest BCUT2D eigenvalue weighted by molar-refractivity contribution is 7.92. The van der Waals surface area contributed by atoms with Crippen molar-refractivity contribution in [3.05, 3.63) is 65.7 Å². The molecule has 4 fully saturated rings. The van der Waals surface area contributed by atoms with Crippen LogP contribution >= 0.6 is 0 Å². The summed E-state index contributed by atoms with van der Waals surface area (Å²) in [4.78, 5) is 28.6. The monoisotopic (exact) mass is 593 g/mol. The van der Waals surface area contributed by atoms with E-state index in [-0.39, 0.29) is 29.8 Å². The van der Waals surface area contributed by atoms with Gasteiger partial charge in [-0.15, -0.1) is 0 Å². The Hall–Kier alpha value is -2.87. The molecule has 4 aliphatic rings. The Morgan fingerprint density at radius 3 is 2.00 bits per heavy atom. The van der Waals surface area contributed by atoms with Gasteiger partial charge < -0.3 is 10.2 Å². The molecule has 0 unspecified atom stereocenters. The second-order valence-electron chi connectivity index (χ2n) is 13.4. The van der Waals surface area contributed by atoms with Crippen LogP contribution in [0.4, 0.5) is 5.69 Å². The fourth-order valence-corrected chi connectivity index (χ4v) is 9.19. The number of carbonyl (C=O) groups is 2. The summed E-state index contributed by atoms with van der Waals surface area (Å²) in [6, 6.07) is 17.0. The van der Waals surface area contributed by atoms with E-state index in [9.17, 15) is 18.0 Å². The van der Waals surface area contributed by atoms with Crippen molar-refractivity contribution in [2.24, 2.45) is 17.8 Å². The van der Waals surface area contributed by atoms with Crippen molar-refractivity contribution in [1.29, 1.82) is 0 Å². The highest BCUT2D eigenvalue weighted by Gasteiger charge is 2.51. The van der Waals surface area contributed by atoms with Crippen LogP contribution < -0.4 is 9.62 Å². The van der Waals surface area contributed by atoms with E-state index in [0.29, 0.717) is 25.1 Å². The molecular formula is C34H47N3O4S. The molecule has 2 amide bonds. The first kappa shape index (κ1) is 30.6. The first-order chi connectivity index (χ1) is 20.0. The van der Waals surface area contributed by atoms with E-state index in [2.05, 4.69) is 17.4 Å². The second-order valence-corrected chi connectivity index (χ2v) is 15.3. The molecule has 1 N–H and O–H groups in total. The summed E-state index contributed by atoms with van der Waals surface area (Å²) in [5, 5.41) is 2.94. The van der Waals surface area contributed by atoms with E-state index in [0.717, 1.165) is 29.6 Å². The van der Waals surface area contributed by atoms with Gasteiger partial charge in [-0.3, -0.25) is 13.9 Å². The Balaban J connectivity index is 1.37.